The lowest BCUT2D eigenvalue weighted by atomic mass is 9.89. The van der Waals surface area contributed by atoms with Gasteiger partial charge in [-0.05, 0) is 29.5 Å². The van der Waals surface area contributed by atoms with Gasteiger partial charge in [0.15, 0.2) is 0 Å². The number of rotatable bonds is 5. The summed E-state index contributed by atoms with van der Waals surface area (Å²) >= 11 is 6.70. The molecule has 0 fully saturated rings. The molecule has 0 aromatic heterocycles. The molecule has 2 atom stereocenters. The molecule has 100 valence electrons. The summed E-state index contributed by atoms with van der Waals surface area (Å²) in [4.78, 5) is 0. The summed E-state index contributed by atoms with van der Waals surface area (Å²) in [6.07, 6.45) is 2.12. The topological polar surface area (TPSA) is 0 Å². The normalized spacial score (nSPS) is 14.1. The second-order valence-electron chi connectivity index (χ2n) is 4.92. The Balaban J connectivity index is 2.22. The third-order valence-corrected chi connectivity index (χ3v) is 4.28. The number of halogens is 1. The van der Waals surface area contributed by atoms with Crippen molar-refractivity contribution in [2.24, 2.45) is 0 Å². The molecule has 0 aliphatic heterocycles. The van der Waals surface area contributed by atoms with Crippen molar-refractivity contribution in [3.8, 4) is 0 Å². The molecular formula is C18H21Cl. The van der Waals surface area contributed by atoms with E-state index in [-0.39, 0.29) is 5.38 Å². The fraction of sp³-hybridized carbons (Fsp3) is 0.333. The number of hydrogen-bond donors (Lipinski definition) is 0. The third kappa shape index (κ3) is 3.39. The van der Waals surface area contributed by atoms with E-state index < -0.39 is 0 Å². The van der Waals surface area contributed by atoms with Crippen molar-refractivity contribution in [2.75, 3.05) is 0 Å². The fourth-order valence-electron chi connectivity index (χ4n) is 2.48. The molecule has 0 amide bonds. The Bertz CT molecular complexity index is 487. The predicted octanol–water partition coefficient (Wildman–Crippen LogP) is 5.72. The second-order valence-corrected chi connectivity index (χ2v) is 5.39. The van der Waals surface area contributed by atoms with Gasteiger partial charge in [0.1, 0.15) is 0 Å². The summed E-state index contributed by atoms with van der Waals surface area (Å²) in [5.41, 5.74) is 3.90. The maximum absolute atomic E-state index is 6.70. The van der Waals surface area contributed by atoms with Crippen LogP contribution in [0.25, 0.3) is 0 Å². The molecule has 1 heteroatoms. The highest BCUT2D eigenvalue weighted by molar-refractivity contribution is 6.21. The molecule has 0 saturated heterocycles. The summed E-state index contributed by atoms with van der Waals surface area (Å²) < 4.78 is 0. The minimum atomic E-state index is 0.0401. The molecule has 0 aliphatic carbocycles. The summed E-state index contributed by atoms with van der Waals surface area (Å²) in [6, 6.07) is 19.3. The van der Waals surface area contributed by atoms with Crippen LogP contribution >= 0.6 is 11.6 Å². The van der Waals surface area contributed by atoms with Gasteiger partial charge in [-0.2, -0.15) is 0 Å². The van der Waals surface area contributed by atoms with Crippen LogP contribution in [0.4, 0.5) is 0 Å². The number of alkyl halides is 1. The first kappa shape index (κ1) is 14.1. The van der Waals surface area contributed by atoms with Gasteiger partial charge >= 0.3 is 0 Å². The van der Waals surface area contributed by atoms with Crippen LogP contribution in [-0.2, 0) is 6.42 Å². The van der Waals surface area contributed by atoms with Crippen molar-refractivity contribution in [3.05, 3.63) is 71.3 Å². The minimum absolute atomic E-state index is 0.0401. The van der Waals surface area contributed by atoms with Gasteiger partial charge < -0.3 is 0 Å². The number of benzene rings is 2. The SMILES string of the molecule is CCc1ccc(C(Cl)C(CC)c2ccccc2)cc1. The molecule has 2 rings (SSSR count). The lowest BCUT2D eigenvalue weighted by Gasteiger charge is -2.22. The smallest absolute Gasteiger partial charge is 0.0653 e. The Morgan fingerprint density at radius 2 is 1.47 bits per heavy atom. The zero-order valence-corrected chi connectivity index (χ0v) is 12.4. The average molecular weight is 273 g/mol. The molecule has 2 aromatic rings. The van der Waals surface area contributed by atoms with Gasteiger partial charge in [0.25, 0.3) is 0 Å². The lowest BCUT2D eigenvalue weighted by molar-refractivity contribution is 0.640. The van der Waals surface area contributed by atoms with Crippen molar-refractivity contribution in [1.29, 1.82) is 0 Å². The van der Waals surface area contributed by atoms with Crippen molar-refractivity contribution in [3.63, 3.8) is 0 Å². The number of hydrogen-bond acceptors (Lipinski definition) is 0. The van der Waals surface area contributed by atoms with Crippen molar-refractivity contribution < 1.29 is 0 Å². The standard InChI is InChI=1S/C18H21Cl/c1-3-14-10-12-16(13-11-14)18(19)17(4-2)15-8-6-5-7-9-15/h5-13,17-18H,3-4H2,1-2H3. The monoisotopic (exact) mass is 272 g/mol. The highest BCUT2D eigenvalue weighted by Gasteiger charge is 2.20. The molecule has 0 N–H and O–H groups in total. The van der Waals surface area contributed by atoms with Gasteiger partial charge in [-0.25, -0.2) is 0 Å². The maximum Gasteiger partial charge on any atom is 0.0653 e. The van der Waals surface area contributed by atoms with E-state index >= 15 is 0 Å². The van der Waals surface area contributed by atoms with Crippen LogP contribution < -0.4 is 0 Å². The van der Waals surface area contributed by atoms with Crippen molar-refractivity contribution in [2.45, 2.75) is 38.0 Å². The highest BCUT2D eigenvalue weighted by Crippen LogP contribution is 2.38. The Kier molecular flexibility index (Phi) is 5.04. The van der Waals surface area contributed by atoms with Crippen LogP contribution in [-0.4, -0.2) is 0 Å². The van der Waals surface area contributed by atoms with E-state index in [1.54, 1.807) is 0 Å². The molecule has 0 aliphatic rings. The van der Waals surface area contributed by atoms with Gasteiger partial charge in [0, 0.05) is 5.92 Å². The summed E-state index contributed by atoms with van der Waals surface area (Å²) in [5.74, 6) is 0.371. The molecular weight excluding hydrogens is 252 g/mol. The summed E-state index contributed by atoms with van der Waals surface area (Å²) in [5, 5.41) is 0.0401. The van der Waals surface area contributed by atoms with Crippen LogP contribution in [0.15, 0.2) is 54.6 Å². The molecule has 2 unspecified atom stereocenters. The van der Waals surface area contributed by atoms with Gasteiger partial charge in [0.2, 0.25) is 0 Å². The minimum Gasteiger partial charge on any atom is -0.117 e. The Morgan fingerprint density at radius 3 is 2.00 bits per heavy atom. The van der Waals surface area contributed by atoms with Crippen molar-refractivity contribution in [1.82, 2.24) is 0 Å². The first-order valence-electron chi connectivity index (χ1n) is 7.04. The van der Waals surface area contributed by atoms with Crippen LogP contribution in [0.3, 0.4) is 0 Å². The fourth-order valence-corrected chi connectivity index (χ4v) is 2.95. The molecule has 2 aromatic carbocycles. The molecule has 0 spiro atoms. The predicted molar refractivity (Wildman–Crippen MR) is 83.9 cm³/mol. The first-order valence-corrected chi connectivity index (χ1v) is 7.47. The van der Waals surface area contributed by atoms with Crippen LogP contribution in [0.1, 0.15) is 48.3 Å². The molecule has 0 saturated carbocycles. The zero-order chi connectivity index (χ0) is 13.7. The van der Waals surface area contributed by atoms with Crippen LogP contribution in [0, 0.1) is 0 Å². The van der Waals surface area contributed by atoms with Crippen molar-refractivity contribution >= 4 is 11.6 Å². The van der Waals surface area contributed by atoms with Gasteiger partial charge in [0.05, 0.1) is 5.38 Å². The lowest BCUT2D eigenvalue weighted by Crippen LogP contribution is -2.05. The average Bonchev–Trinajstić information content (AvgIpc) is 2.49. The van der Waals surface area contributed by atoms with Gasteiger partial charge in [-0.3, -0.25) is 0 Å². The van der Waals surface area contributed by atoms with Gasteiger partial charge in [-0.1, -0.05) is 68.4 Å². The third-order valence-electron chi connectivity index (χ3n) is 3.73. The quantitative estimate of drug-likeness (QED) is 0.611. The van der Waals surface area contributed by atoms with E-state index in [9.17, 15) is 0 Å². The molecule has 0 nitrogen and oxygen atoms in total. The zero-order valence-electron chi connectivity index (χ0n) is 11.6. The maximum atomic E-state index is 6.70. The van der Waals surface area contributed by atoms with E-state index in [1.165, 1.54) is 16.7 Å². The highest BCUT2D eigenvalue weighted by atomic mass is 35.5. The Morgan fingerprint density at radius 1 is 0.842 bits per heavy atom. The van der Waals surface area contributed by atoms with E-state index in [2.05, 4.69) is 68.4 Å². The summed E-state index contributed by atoms with van der Waals surface area (Å²) in [6.45, 7) is 4.37. The summed E-state index contributed by atoms with van der Waals surface area (Å²) in [7, 11) is 0. The second kappa shape index (κ2) is 6.77. The molecule has 0 bridgehead atoms. The van der Waals surface area contributed by atoms with E-state index in [4.69, 9.17) is 11.6 Å². The first-order chi connectivity index (χ1) is 9.26. The largest absolute Gasteiger partial charge is 0.117 e. The number of aryl methyl sites for hydroxylation is 1. The molecule has 0 radical (unpaired) electrons. The Labute approximate surface area is 121 Å². The van der Waals surface area contributed by atoms with E-state index in [0.29, 0.717) is 5.92 Å². The van der Waals surface area contributed by atoms with Gasteiger partial charge in [-0.15, -0.1) is 11.6 Å². The molecule has 19 heavy (non-hydrogen) atoms. The van der Waals surface area contributed by atoms with Crippen LogP contribution in [0.2, 0.25) is 0 Å². The van der Waals surface area contributed by atoms with E-state index in [0.717, 1.165) is 12.8 Å². The van der Waals surface area contributed by atoms with E-state index in [1.807, 2.05) is 0 Å². The van der Waals surface area contributed by atoms with Crippen LogP contribution in [0.5, 0.6) is 0 Å². The molecule has 0 heterocycles. The Hall–Kier alpha value is -1.27.